The first-order valence-corrected chi connectivity index (χ1v) is 9.73. The highest BCUT2D eigenvalue weighted by Crippen LogP contribution is 2.17. The molecule has 1 atom stereocenters. The standard InChI is InChI=1S/C20H24ClN3OS/c1-25-18-10-4-15(5-11-18)19(24-12-2-3-13-24)14-22-20(26)23-17-8-6-16(21)7-9-17/h4-11,19H,2-3,12-14H2,1H3,(H2,22,23,26)/p+1/t19-/m1/s1. The molecule has 3 rings (SSSR count). The van der Waals surface area contributed by atoms with E-state index in [0.717, 1.165) is 18.0 Å². The minimum atomic E-state index is 0.369. The molecule has 138 valence electrons. The molecule has 0 bridgehead atoms. The van der Waals surface area contributed by atoms with Gasteiger partial charge in [0.1, 0.15) is 11.8 Å². The third-order valence-corrected chi connectivity index (χ3v) is 5.32. The number of ether oxygens (including phenoxy) is 1. The molecule has 1 aliphatic rings. The third kappa shape index (κ3) is 5.10. The van der Waals surface area contributed by atoms with E-state index >= 15 is 0 Å². The van der Waals surface area contributed by atoms with Crippen LogP contribution in [0.1, 0.15) is 24.4 Å². The fraction of sp³-hybridized carbons (Fsp3) is 0.350. The van der Waals surface area contributed by atoms with Crippen molar-refractivity contribution in [3.8, 4) is 5.75 Å². The van der Waals surface area contributed by atoms with Crippen LogP contribution in [0, 0.1) is 0 Å². The lowest BCUT2D eigenvalue weighted by atomic mass is 10.1. The van der Waals surface area contributed by atoms with Gasteiger partial charge in [0.25, 0.3) is 0 Å². The van der Waals surface area contributed by atoms with Gasteiger partial charge in [-0.3, -0.25) is 0 Å². The van der Waals surface area contributed by atoms with Crippen LogP contribution >= 0.6 is 23.8 Å². The van der Waals surface area contributed by atoms with E-state index in [1.54, 1.807) is 12.0 Å². The van der Waals surface area contributed by atoms with E-state index in [-0.39, 0.29) is 0 Å². The molecule has 1 fully saturated rings. The Hall–Kier alpha value is -1.82. The van der Waals surface area contributed by atoms with Crippen molar-refractivity contribution in [3.63, 3.8) is 0 Å². The summed E-state index contributed by atoms with van der Waals surface area (Å²) in [6.45, 7) is 3.20. The van der Waals surface area contributed by atoms with Gasteiger partial charge in [0.15, 0.2) is 5.11 Å². The Balaban J connectivity index is 1.63. The van der Waals surface area contributed by atoms with Gasteiger partial charge >= 0.3 is 0 Å². The molecule has 0 saturated carbocycles. The molecule has 1 aliphatic heterocycles. The monoisotopic (exact) mass is 390 g/mol. The van der Waals surface area contributed by atoms with Crippen LogP contribution in [0.25, 0.3) is 0 Å². The summed E-state index contributed by atoms with van der Waals surface area (Å²) in [4.78, 5) is 1.61. The zero-order chi connectivity index (χ0) is 18.4. The number of halogens is 1. The van der Waals surface area contributed by atoms with Gasteiger partial charge < -0.3 is 20.3 Å². The minimum Gasteiger partial charge on any atom is -0.497 e. The Kier molecular flexibility index (Phi) is 6.72. The molecule has 0 radical (unpaired) electrons. The van der Waals surface area contributed by atoms with Crippen molar-refractivity contribution < 1.29 is 9.64 Å². The summed E-state index contributed by atoms with van der Waals surface area (Å²) in [6, 6.07) is 16.3. The van der Waals surface area contributed by atoms with Gasteiger partial charge in [-0.05, 0) is 60.7 Å². The van der Waals surface area contributed by atoms with E-state index in [9.17, 15) is 0 Å². The van der Waals surface area contributed by atoms with Crippen LogP contribution in [-0.4, -0.2) is 31.9 Å². The second-order valence-corrected chi connectivity index (χ2v) is 7.38. The molecule has 0 aromatic heterocycles. The first-order chi connectivity index (χ1) is 12.7. The molecule has 1 heterocycles. The Morgan fingerprint density at radius 3 is 2.38 bits per heavy atom. The highest BCUT2D eigenvalue weighted by molar-refractivity contribution is 7.80. The highest BCUT2D eigenvalue weighted by atomic mass is 35.5. The van der Waals surface area contributed by atoms with Gasteiger partial charge in [0, 0.05) is 29.1 Å². The number of hydrogen-bond donors (Lipinski definition) is 3. The highest BCUT2D eigenvalue weighted by Gasteiger charge is 2.27. The van der Waals surface area contributed by atoms with Gasteiger partial charge in [0.2, 0.25) is 0 Å². The Morgan fingerprint density at radius 1 is 1.12 bits per heavy atom. The van der Waals surface area contributed by atoms with E-state index in [1.807, 2.05) is 36.4 Å². The summed E-state index contributed by atoms with van der Waals surface area (Å²) in [5, 5.41) is 7.95. The number of rotatable bonds is 6. The molecule has 0 aliphatic carbocycles. The van der Waals surface area contributed by atoms with Crippen molar-refractivity contribution in [2.45, 2.75) is 18.9 Å². The molecule has 3 N–H and O–H groups in total. The van der Waals surface area contributed by atoms with Crippen molar-refractivity contribution in [2.24, 2.45) is 0 Å². The van der Waals surface area contributed by atoms with Crippen LogP contribution in [0.2, 0.25) is 5.02 Å². The maximum absolute atomic E-state index is 5.93. The zero-order valence-corrected chi connectivity index (χ0v) is 16.5. The Bertz CT molecular complexity index is 715. The minimum absolute atomic E-state index is 0.369. The molecule has 1 saturated heterocycles. The maximum atomic E-state index is 5.93. The first-order valence-electron chi connectivity index (χ1n) is 8.94. The summed E-state index contributed by atoms with van der Waals surface area (Å²) in [7, 11) is 1.70. The second kappa shape index (κ2) is 9.21. The van der Waals surface area contributed by atoms with Crippen molar-refractivity contribution in [1.29, 1.82) is 0 Å². The molecular formula is C20H25ClN3OS+. The summed E-state index contributed by atoms with van der Waals surface area (Å²) < 4.78 is 5.28. The van der Waals surface area contributed by atoms with E-state index in [2.05, 4.69) is 22.8 Å². The number of methoxy groups -OCH3 is 1. The number of hydrogen-bond acceptors (Lipinski definition) is 2. The number of thiocarbonyl (C=S) groups is 1. The average molecular weight is 391 g/mol. The number of benzene rings is 2. The fourth-order valence-corrected chi connectivity index (χ4v) is 3.74. The number of nitrogens with one attached hydrogen (secondary N) is 3. The van der Waals surface area contributed by atoms with Gasteiger partial charge in [-0.25, -0.2) is 0 Å². The van der Waals surface area contributed by atoms with Crippen molar-refractivity contribution in [3.05, 3.63) is 59.1 Å². The SMILES string of the molecule is COc1ccc([C@@H](CNC(=S)Nc2ccc(Cl)cc2)[NH+]2CCCC2)cc1. The van der Waals surface area contributed by atoms with Crippen molar-refractivity contribution >= 4 is 34.6 Å². The van der Waals surface area contributed by atoms with E-state index in [4.69, 9.17) is 28.6 Å². The number of likely N-dealkylation sites (tertiary alicyclic amines) is 1. The average Bonchev–Trinajstić information content (AvgIpc) is 3.19. The van der Waals surface area contributed by atoms with Crippen LogP contribution in [0.4, 0.5) is 5.69 Å². The molecule has 2 aromatic rings. The smallest absolute Gasteiger partial charge is 0.171 e. The first kappa shape index (κ1) is 19.0. The predicted molar refractivity (Wildman–Crippen MR) is 111 cm³/mol. The summed E-state index contributed by atoms with van der Waals surface area (Å²) in [5.41, 5.74) is 2.24. The van der Waals surface area contributed by atoms with Crippen molar-refractivity contribution in [2.75, 3.05) is 32.1 Å². The van der Waals surface area contributed by atoms with Gasteiger partial charge in [-0.15, -0.1) is 0 Å². The quantitative estimate of drug-likeness (QED) is 0.663. The van der Waals surface area contributed by atoms with Crippen LogP contribution in [0.15, 0.2) is 48.5 Å². The molecular weight excluding hydrogens is 366 g/mol. The lowest BCUT2D eigenvalue weighted by Crippen LogP contribution is -3.11. The Morgan fingerprint density at radius 2 is 1.77 bits per heavy atom. The summed E-state index contributed by atoms with van der Waals surface area (Å²) >= 11 is 11.4. The summed E-state index contributed by atoms with van der Waals surface area (Å²) in [5.74, 6) is 0.886. The maximum Gasteiger partial charge on any atom is 0.171 e. The largest absolute Gasteiger partial charge is 0.497 e. The van der Waals surface area contributed by atoms with Gasteiger partial charge in [-0.2, -0.15) is 0 Å². The van der Waals surface area contributed by atoms with Crippen molar-refractivity contribution in [1.82, 2.24) is 5.32 Å². The lowest BCUT2D eigenvalue weighted by Gasteiger charge is -2.26. The van der Waals surface area contributed by atoms with Gasteiger partial charge in [-0.1, -0.05) is 11.6 Å². The predicted octanol–water partition coefficient (Wildman–Crippen LogP) is 3.06. The normalized spacial score (nSPS) is 15.5. The zero-order valence-electron chi connectivity index (χ0n) is 14.9. The van der Waals surface area contributed by atoms with Crippen LogP contribution in [0.3, 0.4) is 0 Å². The van der Waals surface area contributed by atoms with Crippen LogP contribution in [-0.2, 0) is 0 Å². The summed E-state index contributed by atoms with van der Waals surface area (Å²) in [6.07, 6.45) is 2.57. The molecule has 2 aromatic carbocycles. The Labute approximate surface area is 165 Å². The van der Waals surface area contributed by atoms with Gasteiger partial charge in [0.05, 0.1) is 26.7 Å². The molecule has 0 unspecified atom stereocenters. The number of anilines is 1. The second-order valence-electron chi connectivity index (χ2n) is 6.53. The van der Waals surface area contributed by atoms with E-state index in [0.29, 0.717) is 16.2 Å². The van der Waals surface area contributed by atoms with Crippen LogP contribution < -0.4 is 20.3 Å². The fourth-order valence-electron chi connectivity index (χ4n) is 3.41. The van der Waals surface area contributed by atoms with E-state index in [1.165, 1.54) is 31.5 Å². The third-order valence-electron chi connectivity index (χ3n) is 4.83. The molecule has 0 amide bonds. The van der Waals surface area contributed by atoms with Crippen LogP contribution in [0.5, 0.6) is 5.75 Å². The molecule has 26 heavy (non-hydrogen) atoms. The topological polar surface area (TPSA) is 37.7 Å². The lowest BCUT2D eigenvalue weighted by molar-refractivity contribution is -0.918. The van der Waals surface area contributed by atoms with E-state index < -0.39 is 0 Å². The number of quaternary nitrogens is 1. The molecule has 4 nitrogen and oxygen atoms in total. The molecule has 6 heteroatoms. The molecule has 0 spiro atoms.